The van der Waals surface area contributed by atoms with Gasteiger partial charge >= 0.3 is 0 Å². The average molecular weight is 292 g/mol. The summed E-state index contributed by atoms with van der Waals surface area (Å²) in [5.74, 6) is 0.230. The number of aryl methyl sites for hydroxylation is 1. The SMILES string of the molecule is Cc1cc([N+](=O)[O-])cc(S(=O)(=O)C(C)CCCl)c1. The lowest BCUT2D eigenvalue weighted by atomic mass is 10.2. The highest BCUT2D eigenvalue weighted by Gasteiger charge is 2.25. The number of sulfone groups is 1. The molecule has 0 amide bonds. The first-order valence-electron chi connectivity index (χ1n) is 5.35. The third kappa shape index (κ3) is 3.20. The zero-order valence-corrected chi connectivity index (χ0v) is 11.7. The van der Waals surface area contributed by atoms with Gasteiger partial charge in [-0.3, -0.25) is 10.1 Å². The standard InChI is InChI=1S/C11H14ClNO4S/c1-8-5-10(13(14)15)7-11(6-8)18(16,17)9(2)3-4-12/h5-7,9H,3-4H2,1-2H3. The van der Waals surface area contributed by atoms with Crippen LogP contribution in [0.25, 0.3) is 0 Å². The number of halogens is 1. The van der Waals surface area contributed by atoms with Gasteiger partial charge in [0.15, 0.2) is 9.84 Å². The van der Waals surface area contributed by atoms with E-state index >= 15 is 0 Å². The highest BCUT2D eigenvalue weighted by molar-refractivity contribution is 7.92. The first-order valence-corrected chi connectivity index (χ1v) is 7.43. The summed E-state index contributed by atoms with van der Waals surface area (Å²) in [6.07, 6.45) is 0.311. The molecule has 0 fully saturated rings. The van der Waals surface area contributed by atoms with Crippen LogP contribution < -0.4 is 0 Å². The molecule has 0 radical (unpaired) electrons. The molecule has 1 unspecified atom stereocenters. The van der Waals surface area contributed by atoms with Crippen LogP contribution in [0.3, 0.4) is 0 Å². The van der Waals surface area contributed by atoms with Crippen molar-refractivity contribution in [1.29, 1.82) is 0 Å². The number of rotatable bonds is 5. The number of benzene rings is 1. The van der Waals surface area contributed by atoms with Crippen LogP contribution in [0.5, 0.6) is 0 Å². The van der Waals surface area contributed by atoms with E-state index in [9.17, 15) is 18.5 Å². The third-order valence-corrected chi connectivity index (χ3v) is 5.03. The molecule has 0 aliphatic heterocycles. The molecular weight excluding hydrogens is 278 g/mol. The van der Waals surface area contributed by atoms with Crippen molar-refractivity contribution < 1.29 is 13.3 Å². The molecule has 0 saturated carbocycles. The molecule has 1 atom stereocenters. The van der Waals surface area contributed by atoms with E-state index < -0.39 is 20.0 Å². The number of non-ortho nitro benzene ring substituents is 1. The van der Waals surface area contributed by atoms with Crippen LogP contribution in [0.4, 0.5) is 5.69 Å². The molecule has 0 aliphatic carbocycles. The summed E-state index contributed by atoms with van der Waals surface area (Å²) in [4.78, 5) is 10.1. The maximum Gasteiger partial charge on any atom is 0.270 e. The van der Waals surface area contributed by atoms with Crippen LogP contribution in [0.15, 0.2) is 23.1 Å². The second kappa shape index (κ2) is 5.67. The number of nitro groups is 1. The Morgan fingerprint density at radius 2 is 2.00 bits per heavy atom. The molecule has 0 spiro atoms. The predicted octanol–water partition coefficient (Wildman–Crippen LogP) is 2.69. The molecule has 18 heavy (non-hydrogen) atoms. The van der Waals surface area contributed by atoms with Crippen molar-refractivity contribution in [3.63, 3.8) is 0 Å². The number of hydrogen-bond acceptors (Lipinski definition) is 4. The second-order valence-electron chi connectivity index (χ2n) is 4.09. The van der Waals surface area contributed by atoms with Gasteiger partial charge in [0.05, 0.1) is 15.1 Å². The van der Waals surface area contributed by atoms with Gasteiger partial charge < -0.3 is 0 Å². The summed E-state index contributed by atoms with van der Waals surface area (Å²) in [7, 11) is -3.57. The van der Waals surface area contributed by atoms with Gasteiger partial charge in [0.2, 0.25) is 0 Å². The molecular formula is C11H14ClNO4S. The third-order valence-electron chi connectivity index (χ3n) is 2.62. The molecule has 0 heterocycles. The molecule has 1 rings (SSSR count). The fourth-order valence-electron chi connectivity index (χ4n) is 1.54. The number of nitrogens with zero attached hydrogens (tertiary/aromatic N) is 1. The molecule has 1 aromatic carbocycles. The van der Waals surface area contributed by atoms with Gasteiger partial charge in [-0.25, -0.2) is 8.42 Å². The van der Waals surface area contributed by atoms with Crippen molar-refractivity contribution in [3.8, 4) is 0 Å². The Hall–Kier alpha value is -1.14. The Morgan fingerprint density at radius 1 is 1.39 bits per heavy atom. The van der Waals surface area contributed by atoms with Crippen LogP contribution in [0.2, 0.25) is 0 Å². The van der Waals surface area contributed by atoms with Crippen molar-refractivity contribution >= 4 is 27.1 Å². The van der Waals surface area contributed by atoms with E-state index in [1.165, 1.54) is 12.1 Å². The van der Waals surface area contributed by atoms with Crippen LogP contribution in [0, 0.1) is 17.0 Å². The number of nitro benzene ring substituents is 1. The highest BCUT2D eigenvalue weighted by Crippen LogP contribution is 2.24. The van der Waals surface area contributed by atoms with Crippen LogP contribution >= 0.6 is 11.6 Å². The van der Waals surface area contributed by atoms with Gasteiger partial charge in [0, 0.05) is 18.0 Å². The van der Waals surface area contributed by atoms with Crippen LogP contribution in [-0.2, 0) is 9.84 Å². The summed E-state index contributed by atoms with van der Waals surface area (Å²) in [5.41, 5.74) is 0.326. The highest BCUT2D eigenvalue weighted by atomic mass is 35.5. The minimum atomic E-state index is -3.57. The molecule has 0 saturated heterocycles. The topological polar surface area (TPSA) is 77.3 Å². The largest absolute Gasteiger partial charge is 0.270 e. The van der Waals surface area contributed by atoms with Gasteiger partial charge in [-0.05, 0) is 31.9 Å². The van der Waals surface area contributed by atoms with Gasteiger partial charge in [-0.2, -0.15) is 0 Å². The summed E-state index contributed by atoms with van der Waals surface area (Å²) in [6.45, 7) is 3.17. The lowest BCUT2D eigenvalue weighted by Gasteiger charge is -2.11. The predicted molar refractivity (Wildman–Crippen MR) is 69.8 cm³/mol. The van der Waals surface area contributed by atoms with E-state index in [1.807, 2.05) is 0 Å². The molecule has 1 aromatic rings. The minimum absolute atomic E-state index is 0.0215. The van der Waals surface area contributed by atoms with E-state index in [2.05, 4.69) is 0 Å². The Balaban J connectivity index is 3.28. The molecule has 5 nitrogen and oxygen atoms in total. The first-order chi connectivity index (χ1) is 8.28. The van der Waals surface area contributed by atoms with Gasteiger partial charge in [0.25, 0.3) is 5.69 Å². The number of alkyl halides is 1. The van der Waals surface area contributed by atoms with Crippen molar-refractivity contribution in [1.82, 2.24) is 0 Å². The monoisotopic (exact) mass is 291 g/mol. The Labute approximate surface area is 111 Å². The lowest BCUT2D eigenvalue weighted by Crippen LogP contribution is -2.18. The summed E-state index contributed by atoms with van der Waals surface area (Å²) in [6, 6.07) is 3.87. The normalized spacial score (nSPS) is 13.3. The molecule has 0 N–H and O–H groups in total. The quantitative estimate of drug-likeness (QED) is 0.475. The van der Waals surface area contributed by atoms with E-state index in [1.54, 1.807) is 13.8 Å². The molecule has 0 aliphatic rings. The first kappa shape index (κ1) is 14.9. The second-order valence-corrected chi connectivity index (χ2v) is 6.84. The Morgan fingerprint density at radius 3 is 2.50 bits per heavy atom. The smallest absolute Gasteiger partial charge is 0.258 e. The van der Waals surface area contributed by atoms with Crippen molar-refractivity contribution in [2.24, 2.45) is 0 Å². The van der Waals surface area contributed by atoms with Crippen LogP contribution in [0.1, 0.15) is 18.9 Å². The summed E-state index contributed by atoms with van der Waals surface area (Å²) < 4.78 is 24.3. The molecule has 100 valence electrons. The maximum atomic E-state index is 12.2. The Kier molecular flexibility index (Phi) is 4.70. The maximum absolute atomic E-state index is 12.2. The van der Waals surface area contributed by atoms with Gasteiger partial charge in [0.1, 0.15) is 0 Å². The summed E-state index contributed by atoms with van der Waals surface area (Å²) in [5, 5.41) is 10.1. The van der Waals surface area contributed by atoms with E-state index in [-0.39, 0.29) is 16.5 Å². The van der Waals surface area contributed by atoms with E-state index in [0.29, 0.717) is 12.0 Å². The minimum Gasteiger partial charge on any atom is -0.258 e. The van der Waals surface area contributed by atoms with Crippen molar-refractivity contribution in [3.05, 3.63) is 33.9 Å². The van der Waals surface area contributed by atoms with Crippen molar-refractivity contribution in [2.75, 3.05) is 5.88 Å². The molecule has 7 heteroatoms. The van der Waals surface area contributed by atoms with Crippen LogP contribution in [-0.4, -0.2) is 24.5 Å². The fourth-order valence-corrected chi connectivity index (χ4v) is 3.52. The lowest BCUT2D eigenvalue weighted by molar-refractivity contribution is -0.385. The molecule has 0 bridgehead atoms. The van der Waals surface area contributed by atoms with Gasteiger partial charge in [-0.1, -0.05) is 0 Å². The fraction of sp³-hybridized carbons (Fsp3) is 0.455. The Bertz CT molecular complexity index is 556. The van der Waals surface area contributed by atoms with E-state index in [4.69, 9.17) is 11.6 Å². The van der Waals surface area contributed by atoms with Gasteiger partial charge in [-0.15, -0.1) is 11.6 Å². The number of hydrogen-bond donors (Lipinski definition) is 0. The molecule has 0 aromatic heterocycles. The average Bonchev–Trinajstić information content (AvgIpc) is 2.28. The van der Waals surface area contributed by atoms with Crippen molar-refractivity contribution in [2.45, 2.75) is 30.4 Å². The zero-order chi connectivity index (χ0) is 13.9. The summed E-state index contributed by atoms with van der Waals surface area (Å²) >= 11 is 5.53. The zero-order valence-electron chi connectivity index (χ0n) is 10.1. The van der Waals surface area contributed by atoms with E-state index in [0.717, 1.165) is 6.07 Å².